The van der Waals surface area contributed by atoms with Crippen LogP contribution in [0.25, 0.3) is 0 Å². The number of non-ortho nitro benzene ring substituents is 1. The molecule has 142 valence electrons. The molecule has 2 heterocycles. The zero-order chi connectivity index (χ0) is 19.4. The largest absolute Gasteiger partial charge is 0.495 e. The molecule has 0 atom stereocenters. The molecule has 1 aromatic heterocycles. The standard InChI is InChI=1S/C18H19N3O6/c1-26-16-3-2-14(21(24)25)10-15(16)19-17(22)12-4-7-20(8-5-12)18(23)13-6-9-27-11-13/h2-3,6,9-12H,4-5,7-8H2,1H3,(H,19,22). The third kappa shape index (κ3) is 4.08. The van der Waals surface area contributed by atoms with Crippen LogP contribution in [0.3, 0.4) is 0 Å². The predicted octanol–water partition coefficient (Wildman–Crippen LogP) is 2.69. The van der Waals surface area contributed by atoms with Crippen molar-refractivity contribution in [2.24, 2.45) is 5.92 Å². The summed E-state index contributed by atoms with van der Waals surface area (Å²) in [5, 5.41) is 13.7. The maximum atomic E-state index is 12.6. The van der Waals surface area contributed by atoms with E-state index in [1.807, 2.05) is 0 Å². The van der Waals surface area contributed by atoms with Gasteiger partial charge < -0.3 is 19.4 Å². The predicted molar refractivity (Wildman–Crippen MR) is 95.6 cm³/mol. The second-order valence-corrected chi connectivity index (χ2v) is 6.21. The van der Waals surface area contributed by atoms with Crippen molar-refractivity contribution in [1.82, 2.24) is 4.90 Å². The molecule has 1 saturated heterocycles. The van der Waals surface area contributed by atoms with Gasteiger partial charge in [0.1, 0.15) is 12.0 Å². The Kier molecular flexibility index (Phi) is 5.39. The zero-order valence-corrected chi connectivity index (χ0v) is 14.7. The average Bonchev–Trinajstić information content (AvgIpc) is 3.22. The van der Waals surface area contributed by atoms with E-state index >= 15 is 0 Å². The maximum Gasteiger partial charge on any atom is 0.271 e. The van der Waals surface area contributed by atoms with Crippen molar-refractivity contribution in [3.8, 4) is 5.75 Å². The summed E-state index contributed by atoms with van der Waals surface area (Å²) in [5.41, 5.74) is 0.611. The quantitative estimate of drug-likeness (QED) is 0.636. The van der Waals surface area contributed by atoms with E-state index in [-0.39, 0.29) is 29.1 Å². The molecular formula is C18H19N3O6. The molecule has 27 heavy (non-hydrogen) atoms. The van der Waals surface area contributed by atoms with E-state index in [9.17, 15) is 19.7 Å². The number of hydrogen-bond donors (Lipinski definition) is 1. The van der Waals surface area contributed by atoms with Gasteiger partial charge in [-0.15, -0.1) is 0 Å². The van der Waals surface area contributed by atoms with Crippen molar-refractivity contribution in [1.29, 1.82) is 0 Å². The maximum absolute atomic E-state index is 12.6. The Bertz CT molecular complexity index is 841. The number of benzene rings is 1. The summed E-state index contributed by atoms with van der Waals surface area (Å²) < 4.78 is 10.1. The highest BCUT2D eigenvalue weighted by atomic mass is 16.6. The number of rotatable bonds is 5. The van der Waals surface area contributed by atoms with Gasteiger partial charge in [-0.2, -0.15) is 0 Å². The Balaban J connectivity index is 1.62. The number of likely N-dealkylation sites (tertiary alicyclic amines) is 1. The van der Waals surface area contributed by atoms with Crippen LogP contribution in [-0.2, 0) is 4.79 Å². The lowest BCUT2D eigenvalue weighted by molar-refractivity contribution is -0.384. The summed E-state index contributed by atoms with van der Waals surface area (Å²) in [6.45, 7) is 0.905. The van der Waals surface area contributed by atoms with Gasteiger partial charge >= 0.3 is 0 Å². The molecule has 9 nitrogen and oxygen atoms in total. The Hall–Kier alpha value is -3.36. The fraction of sp³-hybridized carbons (Fsp3) is 0.333. The van der Waals surface area contributed by atoms with E-state index in [0.717, 1.165) is 0 Å². The molecule has 0 radical (unpaired) electrons. The fourth-order valence-corrected chi connectivity index (χ4v) is 3.06. The van der Waals surface area contributed by atoms with Crippen LogP contribution in [0.1, 0.15) is 23.2 Å². The Morgan fingerprint density at radius 2 is 2.04 bits per heavy atom. The molecule has 1 fully saturated rings. The number of ether oxygens (including phenoxy) is 1. The van der Waals surface area contributed by atoms with Crippen LogP contribution in [0, 0.1) is 16.0 Å². The molecular weight excluding hydrogens is 354 g/mol. The van der Waals surface area contributed by atoms with Crippen molar-refractivity contribution in [3.63, 3.8) is 0 Å². The summed E-state index contributed by atoms with van der Waals surface area (Å²) >= 11 is 0. The molecule has 2 amide bonds. The lowest BCUT2D eigenvalue weighted by Crippen LogP contribution is -2.41. The minimum atomic E-state index is -0.533. The van der Waals surface area contributed by atoms with Gasteiger partial charge in [-0.1, -0.05) is 0 Å². The number of nitro benzene ring substituents is 1. The molecule has 9 heteroatoms. The Morgan fingerprint density at radius 1 is 1.30 bits per heavy atom. The summed E-state index contributed by atoms with van der Waals surface area (Å²) in [4.78, 5) is 37.0. The van der Waals surface area contributed by atoms with E-state index in [1.54, 1.807) is 11.0 Å². The van der Waals surface area contributed by atoms with Gasteiger partial charge in [0.2, 0.25) is 5.91 Å². The fourth-order valence-electron chi connectivity index (χ4n) is 3.06. The molecule has 0 spiro atoms. The number of amides is 2. The monoisotopic (exact) mass is 373 g/mol. The number of piperidine rings is 1. The highest BCUT2D eigenvalue weighted by Crippen LogP contribution is 2.30. The van der Waals surface area contributed by atoms with Gasteiger partial charge in [-0.25, -0.2) is 0 Å². The van der Waals surface area contributed by atoms with Crippen LogP contribution < -0.4 is 10.1 Å². The van der Waals surface area contributed by atoms with Crippen LogP contribution in [0.4, 0.5) is 11.4 Å². The lowest BCUT2D eigenvalue weighted by atomic mass is 9.95. The van der Waals surface area contributed by atoms with Crippen molar-refractivity contribution in [3.05, 3.63) is 52.5 Å². The number of carbonyl (C=O) groups is 2. The first-order valence-corrected chi connectivity index (χ1v) is 8.44. The molecule has 0 aliphatic carbocycles. The number of hydrogen-bond acceptors (Lipinski definition) is 6. The molecule has 1 N–H and O–H groups in total. The summed E-state index contributed by atoms with van der Waals surface area (Å²) in [6, 6.07) is 5.64. The van der Waals surface area contributed by atoms with Crippen molar-refractivity contribution < 1.29 is 23.7 Å². The van der Waals surface area contributed by atoms with Gasteiger partial charge in [-0.05, 0) is 25.0 Å². The zero-order valence-electron chi connectivity index (χ0n) is 14.7. The van der Waals surface area contributed by atoms with Crippen LogP contribution in [0.15, 0.2) is 41.2 Å². The number of carbonyl (C=O) groups excluding carboxylic acids is 2. The van der Waals surface area contributed by atoms with Gasteiger partial charge in [0, 0.05) is 31.1 Å². The van der Waals surface area contributed by atoms with E-state index in [2.05, 4.69) is 5.32 Å². The molecule has 1 aromatic carbocycles. The van der Waals surface area contributed by atoms with Gasteiger partial charge in [-0.3, -0.25) is 19.7 Å². The molecule has 0 unspecified atom stereocenters. The lowest BCUT2D eigenvalue weighted by Gasteiger charge is -2.31. The number of furan rings is 1. The second kappa shape index (κ2) is 7.90. The number of anilines is 1. The first-order chi connectivity index (χ1) is 13.0. The smallest absolute Gasteiger partial charge is 0.271 e. The molecule has 0 bridgehead atoms. The molecule has 3 rings (SSSR count). The minimum Gasteiger partial charge on any atom is -0.495 e. The molecule has 2 aromatic rings. The number of nitrogens with zero attached hydrogens (tertiary/aromatic N) is 2. The molecule has 0 saturated carbocycles. The third-order valence-electron chi connectivity index (χ3n) is 4.57. The van der Waals surface area contributed by atoms with E-state index in [1.165, 1.54) is 37.8 Å². The number of nitro groups is 1. The van der Waals surface area contributed by atoms with Crippen molar-refractivity contribution in [2.45, 2.75) is 12.8 Å². The first-order valence-electron chi connectivity index (χ1n) is 8.44. The van der Waals surface area contributed by atoms with Crippen molar-refractivity contribution >= 4 is 23.2 Å². The molecule has 1 aliphatic rings. The highest BCUT2D eigenvalue weighted by molar-refractivity contribution is 5.96. The first kappa shape index (κ1) is 18.4. The van der Waals surface area contributed by atoms with Crippen LogP contribution in [-0.4, -0.2) is 41.8 Å². The summed E-state index contributed by atoms with van der Waals surface area (Å²) in [5.74, 6) is -0.309. The summed E-state index contributed by atoms with van der Waals surface area (Å²) in [7, 11) is 1.43. The second-order valence-electron chi connectivity index (χ2n) is 6.21. The van der Waals surface area contributed by atoms with E-state index in [4.69, 9.17) is 9.15 Å². The van der Waals surface area contributed by atoms with E-state index < -0.39 is 4.92 Å². The topological polar surface area (TPSA) is 115 Å². The highest BCUT2D eigenvalue weighted by Gasteiger charge is 2.29. The molecule has 1 aliphatic heterocycles. The normalized spacial score (nSPS) is 14.6. The minimum absolute atomic E-state index is 0.122. The van der Waals surface area contributed by atoms with Gasteiger partial charge in [0.15, 0.2) is 0 Å². The van der Waals surface area contributed by atoms with Crippen molar-refractivity contribution in [2.75, 3.05) is 25.5 Å². The summed E-state index contributed by atoms with van der Waals surface area (Å²) in [6.07, 6.45) is 3.86. The SMILES string of the molecule is COc1ccc([N+](=O)[O-])cc1NC(=O)C1CCN(C(=O)c2ccoc2)CC1. The number of methoxy groups -OCH3 is 1. The third-order valence-corrected chi connectivity index (χ3v) is 4.57. The van der Waals surface area contributed by atoms with Crippen LogP contribution in [0.5, 0.6) is 5.75 Å². The number of nitrogens with one attached hydrogen (secondary N) is 1. The van der Waals surface area contributed by atoms with Crippen LogP contribution >= 0.6 is 0 Å². The van der Waals surface area contributed by atoms with Crippen LogP contribution in [0.2, 0.25) is 0 Å². The Labute approximate surface area is 155 Å². The van der Waals surface area contributed by atoms with Gasteiger partial charge in [0.25, 0.3) is 11.6 Å². The van der Waals surface area contributed by atoms with Gasteiger partial charge in [0.05, 0.1) is 29.5 Å². The Morgan fingerprint density at radius 3 is 2.63 bits per heavy atom. The van der Waals surface area contributed by atoms with E-state index in [0.29, 0.717) is 37.2 Å². The average molecular weight is 373 g/mol.